The Morgan fingerprint density at radius 3 is 3.00 bits per heavy atom. The molecule has 1 saturated heterocycles. The maximum atomic E-state index is 12.4. The van der Waals surface area contributed by atoms with Gasteiger partial charge >= 0.3 is 0 Å². The minimum Gasteiger partial charge on any atom is -0.496 e. The zero-order valence-corrected chi connectivity index (χ0v) is 12.1. The van der Waals surface area contributed by atoms with E-state index < -0.39 is 0 Å². The quantitative estimate of drug-likeness (QED) is 0.714. The molecule has 0 saturated carbocycles. The fourth-order valence-corrected chi connectivity index (χ4v) is 2.69. The summed E-state index contributed by atoms with van der Waals surface area (Å²) >= 11 is 0. The molecule has 1 aliphatic heterocycles. The van der Waals surface area contributed by atoms with Gasteiger partial charge in [0.1, 0.15) is 5.75 Å². The predicted octanol–water partition coefficient (Wildman–Crippen LogP) is 1.54. The van der Waals surface area contributed by atoms with Gasteiger partial charge in [-0.1, -0.05) is 6.92 Å². The lowest BCUT2D eigenvalue weighted by atomic mass is 10.0. The highest BCUT2D eigenvalue weighted by molar-refractivity contribution is 5.98. The number of nitrogens with two attached hydrogens (primary N) is 1. The summed E-state index contributed by atoms with van der Waals surface area (Å²) in [6.45, 7) is 3.11. The number of nitrogen functional groups attached to an aromatic ring is 1. The van der Waals surface area contributed by atoms with Crippen LogP contribution in [0.2, 0.25) is 0 Å². The average molecular weight is 277 g/mol. The van der Waals surface area contributed by atoms with Gasteiger partial charge in [0, 0.05) is 17.8 Å². The van der Waals surface area contributed by atoms with Gasteiger partial charge in [-0.05, 0) is 44.0 Å². The van der Waals surface area contributed by atoms with Gasteiger partial charge in [-0.2, -0.15) is 0 Å². The molecule has 20 heavy (non-hydrogen) atoms. The van der Waals surface area contributed by atoms with Gasteiger partial charge in [0.2, 0.25) is 0 Å². The van der Waals surface area contributed by atoms with Crippen LogP contribution in [0.25, 0.3) is 0 Å². The second-order valence-corrected chi connectivity index (χ2v) is 5.15. The summed E-state index contributed by atoms with van der Waals surface area (Å²) in [4.78, 5) is 12.4. The molecular formula is C15H23N3O2. The molecule has 0 bridgehead atoms. The van der Waals surface area contributed by atoms with Crippen LogP contribution in [0.15, 0.2) is 18.2 Å². The third-order valence-electron chi connectivity index (χ3n) is 3.81. The van der Waals surface area contributed by atoms with Crippen LogP contribution in [0, 0.1) is 0 Å². The summed E-state index contributed by atoms with van der Waals surface area (Å²) in [5, 5.41) is 6.52. The molecule has 1 aliphatic rings. The number of anilines is 1. The normalized spacial score (nSPS) is 19.6. The van der Waals surface area contributed by atoms with E-state index in [0.29, 0.717) is 23.0 Å². The molecule has 1 fully saturated rings. The molecule has 1 heterocycles. The van der Waals surface area contributed by atoms with Crippen molar-refractivity contribution in [2.75, 3.05) is 19.4 Å². The molecule has 0 spiro atoms. The fourth-order valence-electron chi connectivity index (χ4n) is 2.69. The van der Waals surface area contributed by atoms with E-state index >= 15 is 0 Å². The molecule has 110 valence electrons. The molecule has 0 radical (unpaired) electrons. The van der Waals surface area contributed by atoms with Crippen LogP contribution in [-0.4, -0.2) is 31.6 Å². The number of benzene rings is 1. The summed E-state index contributed by atoms with van der Waals surface area (Å²) in [5.74, 6) is 0.417. The van der Waals surface area contributed by atoms with Crippen molar-refractivity contribution in [2.45, 2.75) is 38.3 Å². The van der Waals surface area contributed by atoms with Crippen LogP contribution in [0.4, 0.5) is 5.69 Å². The number of ether oxygens (including phenoxy) is 1. The minimum atomic E-state index is -0.130. The van der Waals surface area contributed by atoms with Crippen LogP contribution < -0.4 is 21.1 Å². The van der Waals surface area contributed by atoms with E-state index in [1.54, 1.807) is 25.3 Å². The molecule has 2 atom stereocenters. The maximum Gasteiger partial charge on any atom is 0.255 e. The molecule has 0 aromatic heterocycles. The summed E-state index contributed by atoms with van der Waals surface area (Å²) in [5.41, 5.74) is 6.81. The van der Waals surface area contributed by atoms with Gasteiger partial charge in [0.05, 0.1) is 12.7 Å². The molecule has 4 N–H and O–H groups in total. The summed E-state index contributed by atoms with van der Waals surface area (Å²) in [6.07, 6.45) is 3.17. The number of amides is 1. The van der Waals surface area contributed by atoms with E-state index in [4.69, 9.17) is 10.5 Å². The molecule has 2 rings (SSSR count). The number of hydrogen-bond donors (Lipinski definition) is 3. The Balaban J connectivity index is 2.12. The summed E-state index contributed by atoms with van der Waals surface area (Å²) in [6, 6.07) is 5.60. The Kier molecular flexibility index (Phi) is 4.84. The smallest absolute Gasteiger partial charge is 0.255 e. The Morgan fingerprint density at radius 1 is 1.60 bits per heavy atom. The van der Waals surface area contributed by atoms with Crippen LogP contribution in [0.5, 0.6) is 5.75 Å². The van der Waals surface area contributed by atoms with Crippen LogP contribution >= 0.6 is 0 Å². The topological polar surface area (TPSA) is 76.4 Å². The van der Waals surface area contributed by atoms with E-state index in [-0.39, 0.29) is 11.9 Å². The van der Waals surface area contributed by atoms with Gasteiger partial charge in [-0.25, -0.2) is 0 Å². The predicted molar refractivity (Wildman–Crippen MR) is 80.0 cm³/mol. The first-order valence-electron chi connectivity index (χ1n) is 7.13. The lowest BCUT2D eigenvalue weighted by molar-refractivity contribution is 0.0924. The monoisotopic (exact) mass is 277 g/mol. The van der Waals surface area contributed by atoms with E-state index in [0.717, 1.165) is 19.4 Å². The van der Waals surface area contributed by atoms with E-state index in [1.807, 2.05) is 0 Å². The molecule has 1 aromatic carbocycles. The zero-order chi connectivity index (χ0) is 14.5. The Labute approximate surface area is 119 Å². The second-order valence-electron chi connectivity index (χ2n) is 5.15. The van der Waals surface area contributed by atoms with Crippen LogP contribution in [0.3, 0.4) is 0 Å². The highest BCUT2D eigenvalue weighted by Crippen LogP contribution is 2.21. The summed E-state index contributed by atoms with van der Waals surface area (Å²) < 4.78 is 5.23. The largest absolute Gasteiger partial charge is 0.496 e. The maximum absolute atomic E-state index is 12.4. The SMILES string of the molecule is CCC(NC(=O)c1cc(N)ccc1OC)C1CCCN1. The van der Waals surface area contributed by atoms with Gasteiger partial charge in [0.15, 0.2) is 0 Å². The first kappa shape index (κ1) is 14.7. The Hall–Kier alpha value is -1.75. The highest BCUT2D eigenvalue weighted by atomic mass is 16.5. The number of carbonyl (C=O) groups is 1. The number of carbonyl (C=O) groups excluding carboxylic acids is 1. The van der Waals surface area contributed by atoms with Gasteiger partial charge < -0.3 is 21.1 Å². The van der Waals surface area contributed by atoms with E-state index in [1.165, 1.54) is 6.42 Å². The molecule has 2 unspecified atom stereocenters. The van der Waals surface area contributed by atoms with Crippen LogP contribution in [0.1, 0.15) is 36.5 Å². The third kappa shape index (κ3) is 3.22. The third-order valence-corrected chi connectivity index (χ3v) is 3.81. The number of hydrogen-bond acceptors (Lipinski definition) is 4. The van der Waals surface area contributed by atoms with Gasteiger partial charge in [-0.3, -0.25) is 4.79 Å². The Morgan fingerprint density at radius 2 is 2.40 bits per heavy atom. The molecular weight excluding hydrogens is 254 g/mol. The van der Waals surface area contributed by atoms with Crippen molar-refractivity contribution in [3.8, 4) is 5.75 Å². The van der Waals surface area contributed by atoms with E-state index in [9.17, 15) is 4.79 Å². The van der Waals surface area contributed by atoms with Crippen molar-refractivity contribution in [3.05, 3.63) is 23.8 Å². The first-order valence-corrected chi connectivity index (χ1v) is 7.13. The van der Waals surface area contributed by atoms with Crippen molar-refractivity contribution in [2.24, 2.45) is 0 Å². The standard InChI is InChI=1S/C15H23N3O2/c1-3-12(13-5-4-8-17-13)18-15(19)11-9-10(16)6-7-14(11)20-2/h6-7,9,12-13,17H,3-5,8,16H2,1-2H3,(H,18,19). The molecule has 5 nitrogen and oxygen atoms in total. The first-order chi connectivity index (χ1) is 9.65. The highest BCUT2D eigenvalue weighted by Gasteiger charge is 2.25. The fraction of sp³-hybridized carbons (Fsp3) is 0.533. The lowest BCUT2D eigenvalue weighted by Gasteiger charge is -2.24. The average Bonchev–Trinajstić information content (AvgIpc) is 2.98. The van der Waals surface area contributed by atoms with Gasteiger partial charge in [0.25, 0.3) is 5.91 Å². The number of nitrogens with one attached hydrogen (secondary N) is 2. The van der Waals surface area contributed by atoms with Gasteiger partial charge in [-0.15, -0.1) is 0 Å². The molecule has 1 aromatic rings. The number of rotatable bonds is 5. The molecule has 0 aliphatic carbocycles. The number of methoxy groups -OCH3 is 1. The molecule has 5 heteroatoms. The van der Waals surface area contributed by atoms with Crippen molar-refractivity contribution in [3.63, 3.8) is 0 Å². The van der Waals surface area contributed by atoms with Crippen molar-refractivity contribution < 1.29 is 9.53 Å². The van der Waals surface area contributed by atoms with Crippen molar-refractivity contribution >= 4 is 11.6 Å². The second kappa shape index (κ2) is 6.61. The summed E-state index contributed by atoms with van der Waals surface area (Å²) in [7, 11) is 1.55. The lowest BCUT2D eigenvalue weighted by Crippen LogP contribution is -2.47. The van der Waals surface area contributed by atoms with Crippen LogP contribution in [-0.2, 0) is 0 Å². The Bertz CT molecular complexity index is 470. The zero-order valence-electron chi connectivity index (χ0n) is 12.1. The molecule has 1 amide bonds. The minimum absolute atomic E-state index is 0.130. The van der Waals surface area contributed by atoms with Crippen molar-refractivity contribution in [1.29, 1.82) is 0 Å². The van der Waals surface area contributed by atoms with Crippen molar-refractivity contribution in [1.82, 2.24) is 10.6 Å². The van der Waals surface area contributed by atoms with E-state index in [2.05, 4.69) is 17.6 Å².